The van der Waals surface area contributed by atoms with Gasteiger partial charge < -0.3 is 4.90 Å². The van der Waals surface area contributed by atoms with E-state index in [4.69, 9.17) is 0 Å². The van der Waals surface area contributed by atoms with Crippen LogP contribution in [0.2, 0.25) is 0 Å². The summed E-state index contributed by atoms with van der Waals surface area (Å²) in [4.78, 5) is 13.8. The van der Waals surface area contributed by atoms with Gasteiger partial charge in [-0.2, -0.15) is 0 Å². The van der Waals surface area contributed by atoms with Crippen molar-refractivity contribution in [3.63, 3.8) is 0 Å². The highest BCUT2D eigenvalue weighted by Crippen LogP contribution is 2.32. The van der Waals surface area contributed by atoms with Crippen LogP contribution in [0.1, 0.15) is 10.4 Å². The summed E-state index contributed by atoms with van der Waals surface area (Å²) in [7, 11) is 3.54. The molecule has 0 saturated carbocycles. The number of amides is 1. The molecular weight excluding hydrogens is 282 g/mol. The van der Waals surface area contributed by atoms with Crippen LogP contribution in [0.15, 0.2) is 78.9 Å². The fourth-order valence-corrected chi connectivity index (χ4v) is 2.68. The van der Waals surface area contributed by atoms with Crippen LogP contribution in [0.5, 0.6) is 0 Å². The van der Waals surface area contributed by atoms with Gasteiger partial charge in [0.1, 0.15) is 0 Å². The molecule has 0 fully saturated rings. The molecule has 3 aromatic rings. The van der Waals surface area contributed by atoms with Crippen molar-refractivity contribution < 1.29 is 4.79 Å². The molecule has 114 valence electrons. The lowest BCUT2D eigenvalue weighted by Crippen LogP contribution is -2.21. The fraction of sp³-hybridized carbons (Fsp3) is 0.0952. The van der Waals surface area contributed by atoms with E-state index in [0.717, 1.165) is 11.1 Å². The minimum atomic E-state index is 0.0176. The molecule has 0 bridgehead atoms. The number of rotatable bonds is 3. The number of nitrogens with zero attached hydrogens (tertiary/aromatic N) is 1. The van der Waals surface area contributed by atoms with Crippen molar-refractivity contribution in [2.45, 2.75) is 0 Å². The molecule has 2 nitrogen and oxygen atoms in total. The van der Waals surface area contributed by atoms with Crippen LogP contribution in [-0.2, 0) is 0 Å². The topological polar surface area (TPSA) is 20.3 Å². The van der Waals surface area contributed by atoms with Gasteiger partial charge in [0.2, 0.25) is 0 Å². The molecule has 0 saturated heterocycles. The second-order valence-electron chi connectivity index (χ2n) is 5.69. The van der Waals surface area contributed by atoms with Gasteiger partial charge in [-0.05, 0) is 34.4 Å². The van der Waals surface area contributed by atoms with Gasteiger partial charge in [-0.1, -0.05) is 66.7 Å². The van der Waals surface area contributed by atoms with Crippen LogP contribution in [0.3, 0.4) is 0 Å². The average molecular weight is 301 g/mol. The van der Waals surface area contributed by atoms with Gasteiger partial charge in [-0.15, -0.1) is 0 Å². The molecule has 1 amide bonds. The lowest BCUT2D eigenvalue weighted by atomic mass is 9.94. The third-order valence-electron chi connectivity index (χ3n) is 3.84. The first-order valence-corrected chi connectivity index (χ1v) is 7.63. The SMILES string of the molecule is CN(C)C(=O)c1cccc(-c2ccccc2-c2ccccc2)c1. The molecule has 0 aromatic heterocycles. The highest BCUT2D eigenvalue weighted by molar-refractivity contribution is 5.96. The van der Waals surface area contributed by atoms with Crippen LogP contribution in [-0.4, -0.2) is 24.9 Å². The van der Waals surface area contributed by atoms with Gasteiger partial charge in [0.05, 0.1) is 0 Å². The van der Waals surface area contributed by atoms with Crippen molar-refractivity contribution in [2.24, 2.45) is 0 Å². The highest BCUT2D eigenvalue weighted by atomic mass is 16.2. The Kier molecular flexibility index (Phi) is 4.24. The maximum atomic E-state index is 12.2. The summed E-state index contributed by atoms with van der Waals surface area (Å²) in [6, 6.07) is 26.4. The summed E-state index contributed by atoms with van der Waals surface area (Å²) in [6.45, 7) is 0. The molecule has 2 heteroatoms. The van der Waals surface area contributed by atoms with E-state index < -0.39 is 0 Å². The molecule has 0 aliphatic carbocycles. The van der Waals surface area contributed by atoms with Crippen LogP contribution < -0.4 is 0 Å². The molecule has 0 aliphatic rings. The Morgan fingerprint density at radius 1 is 0.696 bits per heavy atom. The Hall–Kier alpha value is -2.87. The van der Waals surface area contributed by atoms with E-state index in [2.05, 4.69) is 24.3 Å². The largest absolute Gasteiger partial charge is 0.345 e. The molecule has 0 unspecified atom stereocenters. The molecule has 0 heterocycles. The number of carbonyl (C=O) groups excluding carboxylic acids is 1. The Morgan fingerprint density at radius 2 is 1.26 bits per heavy atom. The summed E-state index contributed by atoms with van der Waals surface area (Å²) in [5, 5.41) is 0. The molecule has 0 spiro atoms. The molecule has 3 rings (SSSR count). The average Bonchev–Trinajstić information content (AvgIpc) is 2.62. The minimum absolute atomic E-state index is 0.0176. The van der Waals surface area contributed by atoms with E-state index in [0.29, 0.717) is 5.56 Å². The van der Waals surface area contributed by atoms with Crippen LogP contribution in [0.25, 0.3) is 22.3 Å². The Balaban J connectivity index is 2.10. The van der Waals surface area contributed by atoms with Gasteiger partial charge in [0.25, 0.3) is 5.91 Å². The molecule has 0 aliphatic heterocycles. The Bertz CT molecular complexity index is 822. The van der Waals surface area contributed by atoms with E-state index in [1.165, 1.54) is 11.1 Å². The van der Waals surface area contributed by atoms with Gasteiger partial charge in [-0.25, -0.2) is 0 Å². The first-order chi connectivity index (χ1) is 11.2. The van der Waals surface area contributed by atoms with Gasteiger partial charge in [0, 0.05) is 19.7 Å². The second-order valence-corrected chi connectivity index (χ2v) is 5.69. The highest BCUT2D eigenvalue weighted by Gasteiger charge is 2.11. The predicted octanol–water partition coefficient (Wildman–Crippen LogP) is 4.72. The van der Waals surface area contributed by atoms with Crippen LogP contribution in [0, 0.1) is 0 Å². The zero-order chi connectivity index (χ0) is 16.2. The van der Waals surface area contributed by atoms with E-state index in [9.17, 15) is 4.79 Å². The van der Waals surface area contributed by atoms with Crippen molar-refractivity contribution in [3.8, 4) is 22.3 Å². The van der Waals surface area contributed by atoms with Crippen molar-refractivity contribution in [1.29, 1.82) is 0 Å². The number of benzene rings is 3. The van der Waals surface area contributed by atoms with Crippen molar-refractivity contribution in [3.05, 3.63) is 84.4 Å². The quantitative estimate of drug-likeness (QED) is 0.685. The monoisotopic (exact) mass is 301 g/mol. The smallest absolute Gasteiger partial charge is 0.253 e. The van der Waals surface area contributed by atoms with Gasteiger partial charge in [0.15, 0.2) is 0 Å². The first kappa shape index (κ1) is 15.0. The zero-order valence-corrected chi connectivity index (χ0v) is 13.4. The molecule has 23 heavy (non-hydrogen) atoms. The van der Waals surface area contributed by atoms with E-state index in [1.54, 1.807) is 19.0 Å². The molecule has 0 radical (unpaired) electrons. The van der Waals surface area contributed by atoms with Crippen molar-refractivity contribution in [2.75, 3.05) is 14.1 Å². The minimum Gasteiger partial charge on any atom is -0.345 e. The van der Waals surface area contributed by atoms with Crippen molar-refractivity contribution in [1.82, 2.24) is 4.90 Å². The van der Waals surface area contributed by atoms with Gasteiger partial charge in [-0.3, -0.25) is 4.79 Å². The molecular formula is C21H19NO. The zero-order valence-electron chi connectivity index (χ0n) is 13.4. The number of carbonyl (C=O) groups is 1. The number of hydrogen-bond donors (Lipinski definition) is 0. The lowest BCUT2D eigenvalue weighted by molar-refractivity contribution is 0.0827. The summed E-state index contributed by atoms with van der Waals surface area (Å²) < 4.78 is 0. The normalized spacial score (nSPS) is 10.3. The van der Waals surface area contributed by atoms with Crippen molar-refractivity contribution >= 4 is 5.91 Å². The summed E-state index contributed by atoms with van der Waals surface area (Å²) in [5.41, 5.74) is 5.23. The standard InChI is InChI=1S/C21H19NO/c1-22(2)21(23)18-12-8-11-17(15-18)20-14-7-6-13-19(20)16-9-4-3-5-10-16/h3-15H,1-2H3. The fourth-order valence-electron chi connectivity index (χ4n) is 2.68. The summed E-state index contributed by atoms with van der Waals surface area (Å²) in [5.74, 6) is 0.0176. The van der Waals surface area contributed by atoms with Crippen LogP contribution >= 0.6 is 0 Å². The lowest BCUT2D eigenvalue weighted by Gasteiger charge is -2.13. The third-order valence-corrected chi connectivity index (χ3v) is 3.84. The summed E-state index contributed by atoms with van der Waals surface area (Å²) in [6.07, 6.45) is 0. The molecule has 0 N–H and O–H groups in total. The third kappa shape index (κ3) is 3.16. The number of hydrogen-bond acceptors (Lipinski definition) is 1. The van der Waals surface area contributed by atoms with E-state index >= 15 is 0 Å². The van der Waals surface area contributed by atoms with Crippen LogP contribution in [0.4, 0.5) is 0 Å². The second kappa shape index (κ2) is 6.49. The molecule has 3 aromatic carbocycles. The first-order valence-electron chi connectivity index (χ1n) is 7.63. The maximum absolute atomic E-state index is 12.2. The van der Waals surface area contributed by atoms with E-state index in [1.807, 2.05) is 54.6 Å². The predicted molar refractivity (Wildman–Crippen MR) is 95.3 cm³/mol. The maximum Gasteiger partial charge on any atom is 0.253 e. The Labute approximate surface area is 137 Å². The summed E-state index contributed by atoms with van der Waals surface area (Å²) >= 11 is 0. The van der Waals surface area contributed by atoms with Gasteiger partial charge >= 0.3 is 0 Å². The molecule has 0 atom stereocenters. The van der Waals surface area contributed by atoms with E-state index in [-0.39, 0.29) is 5.91 Å². The Morgan fingerprint density at radius 3 is 1.91 bits per heavy atom.